The summed E-state index contributed by atoms with van der Waals surface area (Å²) >= 11 is 5.96. The molecule has 17 heavy (non-hydrogen) atoms. The van der Waals surface area contributed by atoms with Crippen LogP contribution in [0.3, 0.4) is 0 Å². The fourth-order valence-electron chi connectivity index (χ4n) is 1.74. The number of nitrogens with two attached hydrogens (primary N) is 1. The second kappa shape index (κ2) is 3.75. The molecule has 0 amide bonds. The van der Waals surface area contributed by atoms with Gasteiger partial charge in [0.05, 0.1) is 23.8 Å². The van der Waals surface area contributed by atoms with Crippen LogP contribution in [0.4, 0.5) is 5.69 Å². The molecule has 0 radical (unpaired) electrons. The van der Waals surface area contributed by atoms with E-state index in [-0.39, 0.29) is 0 Å². The number of anilines is 1. The summed E-state index contributed by atoms with van der Waals surface area (Å²) in [5, 5.41) is 5.86. The molecule has 4 nitrogen and oxygen atoms in total. The molecule has 0 spiro atoms. The Morgan fingerprint density at radius 3 is 2.88 bits per heavy atom. The van der Waals surface area contributed by atoms with Gasteiger partial charge in [-0.2, -0.15) is 5.10 Å². The van der Waals surface area contributed by atoms with Crippen molar-refractivity contribution in [3.05, 3.63) is 47.7 Å². The smallest absolute Gasteiger partial charge is 0.163 e. The number of rotatable bonds is 1. The van der Waals surface area contributed by atoms with Crippen molar-refractivity contribution in [3.63, 3.8) is 0 Å². The van der Waals surface area contributed by atoms with Crippen LogP contribution >= 0.6 is 11.6 Å². The first-order chi connectivity index (χ1) is 8.24. The second-order valence-corrected chi connectivity index (χ2v) is 4.15. The Hall–Kier alpha value is -2.07. The van der Waals surface area contributed by atoms with E-state index in [2.05, 4.69) is 10.1 Å². The number of fused-ring (bicyclic) bond motifs is 1. The lowest BCUT2D eigenvalue weighted by Crippen LogP contribution is -1.97. The van der Waals surface area contributed by atoms with E-state index in [1.165, 1.54) is 0 Å². The Morgan fingerprint density at radius 1 is 1.18 bits per heavy atom. The molecular weight excluding hydrogens is 236 g/mol. The lowest BCUT2D eigenvalue weighted by Gasteiger charge is -2.03. The number of nitrogens with zero attached hydrogens (tertiary/aromatic N) is 3. The van der Waals surface area contributed by atoms with Crippen LogP contribution in [0.5, 0.6) is 0 Å². The maximum atomic E-state index is 5.96. The van der Waals surface area contributed by atoms with Gasteiger partial charge in [-0.15, -0.1) is 0 Å². The molecule has 0 bridgehead atoms. The maximum absolute atomic E-state index is 5.96. The zero-order valence-electron chi connectivity index (χ0n) is 8.84. The van der Waals surface area contributed by atoms with Crippen LogP contribution in [0.15, 0.2) is 42.7 Å². The van der Waals surface area contributed by atoms with Gasteiger partial charge in [-0.05, 0) is 24.3 Å². The summed E-state index contributed by atoms with van der Waals surface area (Å²) in [6, 6.07) is 9.31. The number of nitrogen functional groups attached to an aromatic ring is 1. The van der Waals surface area contributed by atoms with Gasteiger partial charge in [-0.25, -0.2) is 9.67 Å². The van der Waals surface area contributed by atoms with E-state index in [0.717, 1.165) is 16.7 Å². The van der Waals surface area contributed by atoms with Gasteiger partial charge in [-0.1, -0.05) is 17.7 Å². The number of benzene rings is 1. The van der Waals surface area contributed by atoms with Crippen molar-refractivity contribution in [2.45, 2.75) is 0 Å². The highest BCUT2D eigenvalue weighted by molar-refractivity contribution is 6.30. The standard InChI is InChI=1S/C12H9ClN4/c13-9-2-1-3-11(5-9)17-12-8(6-16-17)4-10(14)7-15-12/h1-7H,14H2. The molecule has 0 saturated carbocycles. The van der Waals surface area contributed by atoms with E-state index >= 15 is 0 Å². The molecule has 2 N–H and O–H groups in total. The topological polar surface area (TPSA) is 56.7 Å². The van der Waals surface area contributed by atoms with Gasteiger partial charge in [-0.3, -0.25) is 0 Å². The van der Waals surface area contributed by atoms with Crippen LogP contribution in [0.2, 0.25) is 5.02 Å². The third kappa shape index (κ3) is 1.72. The Bertz CT molecular complexity index is 690. The van der Waals surface area contributed by atoms with Gasteiger partial charge >= 0.3 is 0 Å². The highest BCUT2D eigenvalue weighted by atomic mass is 35.5. The first-order valence-electron chi connectivity index (χ1n) is 5.09. The largest absolute Gasteiger partial charge is 0.397 e. The van der Waals surface area contributed by atoms with Crippen LogP contribution in [0.25, 0.3) is 16.7 Å². The molecule has 0 atom stereocenters. The normalized spacial score (nSPS) is 10.9. The van der Waals surface area contributed by atoms with Crippen LogP contribution < -0.4 is 5.73 Å². The van der Waals surface area contributed by atoms with Gasteiger partial charge in [0, 0.05) is 10.4 Å². The van der Waals surface area contributed by atoms with Crippen molar-refractivity contribution in [2.75, 3.05) is 5.73 Å². The summed E-state index contributed by atoms with van der Waals surface area (Å²) in [5.41, 5.74) is 7.95. The molecule has 0 aliphatic rings. The molecule has 1 aromatic carbocycles. The molecular formula is C12H9ClN4. The second-order valence-electron chi connectivity index (χ2n) is 3.72. The fraction of sp³-hybridized carbons (Fsp3) is 0. The first kappa shape index (κ1) is 10.1. The highest BCUT2D eigenvalue weighted by Crippen LogP contribution is 2.20. The zero-order valence-corrected chi connectivity index (χ0v) is 9.59. The van der Waals surface area contributed by atoms with E-state index in [9.17, 15) is 0 Å². The van der Waals surface area contributed by atoms with Crippen LogP contribution in [0.1, 0.15) is 0 Å². The lowest BCUT2D eigenvalue weighted by molar-refractivity contribution is 0.897. The van der Waals surface area contributed by atoms with Gasteiger partial charge in [0.2, 0.25) is 0 Å². The Morgan fingerprint density at radius 2 is 2.06 bits per heavy atom. The monoisotopic (exact) mass is 244 g/mol. The van der Waals surface area contributed by atoms with Crippen molar-refractivity contribution in [2.24, 2.45) is 0 Å². The molecule has 0 aliphatic heterocycles. The van der Waals surface area contributed by atoms with Crippen LogP contribution in [0, 0.1) is 0 Å². The molecule has 0 saturated heterocycles. The van der Waals surface area contributed by atoms with E-state index in [4.69, 9.17) is 17.3 Å². The van der Waals surface area contributed by atoms with Crippen molar-refractivity contribution in [1.82, 2.24) is 14.8 Å². The van der Waals surface area contributed by atoms with E-state index in [0.29, 0.717) is 10.7 Å². The van der Waals surface area contributed by atoms with E-state index in [1.54, 1.807) is 17.1 Å². The van der Waals surface area contributed by atoms with Gasteiger partial charge < -0.3 is 5.73 Å². The lowest BCUT2D eigenvalue weighted by atomic mass is 10.3. The molecule has 2 heterocycles. The molecule has 3 rings (SSSR count). The van der Waals surface area contributed by atoms with Gasteiger partial charge in [0.25, 0.3) is 0 Å². The SMILES string of the molecule is Nc1cnc2c(cnn2-c2cccc(Cl)c2)c1. The minimum absolute atomic E-state index is 0.628. The number of pyridine rings is 1. The van der Waals surface area contributed by atoms with Crippen LogP contribution in [-0.2, 0) is 0 Å². The number of hydrogen-bond donors (Lipinski definition) is 1. The number of halogens is 1. The molecule has 0 unspecified atom stereocenters. The van der Waals surface area contributed by atoms with Gasteiger partial charge in [0.15, 0.2) is 5.65 Å². The van der Waals surface area contributed by atoms with E-state index in [1.807, 2.05) is 30.3 Å². The number of aromatic nitrogens is 3. The molecule has 0 fully saturated rings. The zero-order chi connectivity index (χ0) is 11.8. The third-order valence-corrected chi connectivity index (χ3v) is 2.72. The van der Waals surface area contributed by atoms with Gasteiger partial charge in [0.1, 0.15) is 0 Å². The Balaban J connectivity index is 2.24. The Kier molecular flexibility index (Phi) is 2.23. The number of hydrogen-bond acceptors (Lipinski definition) is 3. The van der Waals surface area contributed by atoms with E-state index < -0.39 is 0 Å². The minimum Gasteiger partial charge on any atom is -0.397 e. The summed E-state index contributed by atoms with van der Waals surface area (Å²) in [7, 11) is 0. The maximum Gasteiger partial charge on any atom is 0.163 e. The summed E-state index contributed by atoms with van der Waals surface area (Å²) in [6.45, 7) is 0. The minimum atomic E-state index is 0.628. The average molecular weight is 245 g/mol. The summed E-state index contributed by atoms with van der Waals surface area (Å²) in [6.07, 6.45) is 3.35. The Labute approximate surface area is 103 Å². The molecule has 2 aromatic heterocycles. The quantitative estimate of drug-likeness (QED) is 0.716. The molecule has 84 valence electrons. The van der Waals surface area contributed by atoms with Crippen molar-refractivity contribution < 1.29 is 0 Å². The first-order valence-corrected chi connectivity index (χ1v) is 5.47. The summed E-state index contributed by atoms with van der Waals surface area (Å²) < 4.78 is 1.74. The third-order valence-electron chi connectivity index (χ3n) is 2.48. The van der Waals surface area contributed by atoms with Crippen molar-refractivity contribution in [1.29, 1.82) is 0 Å². The van der Waals surface area contributed by atoms with Crippen molar-refractivity contribution >= 4 is 28.3 Å². The highest BCUT2D eigenvalue weighted by Gasteiger charge is 2.06. The predicted octanol–water partition coefficient (Wildman–Crippen LogP) is 2.66. The van der Waals surface area contributed by atoms with Crippen LogP contribution in [-0.4, -0.2) is 14.8 Å². The summed E-state index contributed by atoms with van der Waals surface area (Å²) in [4.78, 5) is 4.28. The molecule has 5 heteroatoms. The molecule has 0 aliphatic carbocycles. The fourth-order valence-corrected chi connectivity index (χ4v) is 1.92. The predicted molar refractivity (Wildman–Crippen MR) is 68.3 cm³/mol. The molecule has 3 aromatic rings. The van der Waals surface area contributed by atoms with Crippen molar-refractivity contribution in [3.8, 4) is 5.69 Å². The average Bonchev–Trinajstić information content (AvgIpc) is 2.71. The summed E-state index contributed by atoms with van der Waals surface area (Å²) in [5.74, 6) is 0.